The highest BCUT2D eigenvalue weighted by molar-refractivity contribution is 6.31. The number of methoxy groups -OCH3 is 1. The minimum atomic E-state index is -0.661. The summed E-state index contributed by atoms with van der Waals surface area (Å²) < 4.78 is 15.4. The number of carbonyl (C=O) groups is 2. The zero-order valence-corrected chi connectivity index (χ0v) is 13.0. The molecule has 1 aromatic rings. The Morgan fingerprint density at radius 1 is 1.45 bits per heavy atom. The van der Waals surface area contributed by atoms with E-state index in [2.05, 4.69) is 5.32 Å². The van der Waals surface area contributed by atoms with Gasteiger partial charge in [-0.05, 0) is 31.0 Å². The second-order valence-electron chi connectivity index (χ2n) is 4.86. The number of halogens is 1. The number of carbonyl (C=O) groups excluding carboxylic acids is 2. The first-order valence-corrected chi connectivity index (χ1v) is 7.37. The van der Waals surface area contributed by atoms with Gasteiger partial charge in [0, 0.05) is 18.2 Å². The molecule has 0 spiro atoms. The Kier molecular flexibility index (Phi) is 6.03. The molecule has 0 unspecified atom stereocenters. The SMILES string of the molecule is COc1ccc(Cl)cc1C(=O)OCC(=O)NC[C@H]1CCCO1. The average Bonchev–Trinajstić information content (AvgIpc) is 3.04. The molecule has 1 heterocycles. The van der Waals surface area contributed by atoms with Gasteiger partial charge < -0.3 is 19.5 Å². The normalized spacial score (nSPS) is 17.1. The average molecular weight is 328 g/mol. The summed E-state index contributed by atoms with van der Waals surface area (Å²) in [4.78, 5) is 23.6. The Hall–Kier alpha value is -1.79. The third-order valence-electron chi connectivity index (χ3n) is 3.27. The molecular weight excluding hydrogens is 310 g/mol. The summed E-state index contributed by atoms with van der Waals surface area (Å²) in [5.74, 6) is -0.689. The van der Waals surface area contributed by atoms with Gasteiger partial charge in [0.1, 0.15) is 11.3 Å². The molecule has 1 aromatic carbocycles. The van der Waals surface area contributed by atoms with Crippen molar-refractivity contribution >= 4 is 23.5 Å². The van der Waals surface area contributed by atoms with Crippen LogP contribution in [0.3, 0.4) is 0 Å². The van der Waals surface area contributed by atoms with Crippen LogP contribution >= 0.6 is 11.6 Å². The second-order valence-corrected chi connectivity index (χ2v) is 5.30. The van der Waals surface area contributed by atoms with Crippen LogP contribution in [-0.2, 0) is 14.3 Å². The van der Waals surface area contributed by atoms with Gasteiger partial charge in [0.2, 0.25) is 0 Å². The monoisotopic (exact) mass is 327 g/mol. The van der Waals surface area contributed by atoms with Gasteiger partial charge in [-0.2, -0.15) is 0 Å². The lowest BCUT2D eigenvalue weighted by Gasteiger charge is -2.12. The minimum Gasteiger partial charge on any atom is -0.496 e. The molecule has 0 saturated carbocycles. The first-order valence-electron chi connectivity index (χ1n) is 6.99. The van der Waals surface area contributed by atoms with Crippen molar-refractivity contribution in [3.8, 4) is 5.75 Å². The summed E-state index contributed by atoms with van der Waals surface area (Å²) in [7, 11) is 1.44. The number of amides is 1. The van der Waals surface area contributed by atoms with Crippen molar-refractivity contribution in [1.29, 1.82) is 0 Å². The van der Waals surface area contributed by atoms with Gasteiger partial charge in [0.15, 0.2) is 6.61 Å². The van der Waals surface area contributed by atoms with Gasteiger partial charge in [-0.1, -0.05) is 11.6 Å². The van der Waals surface area contributed by atoms with Crippen molar-refractivity contribution in [1.82, 2.24) is 5.32 Å². The Bertz CT molecular complexity index is 543. The van der Waals surface area contributed by atoms with Gasteiger partial charge in [-0.3, -0.25) is 4.79 Å². The van der Waals surface area contributed by atoms with E-state index in [4.69, 9.17) is 25.8 Å². The zero-order valence-electron chi connectivity index (χ0n) is 12.3. The van der Waals surface area contributed by atoms with Crippen LogP contribution in [0.25, 0.3) is 0 Å². The first-order chi connectivity index (χ1) is 10.6. The van der Waals surface area contributed by atoms with E-state index in [1.165, 1.54) is 13.2 Å². The molecule has 6 nitrogen and oxygen atoms in total. The van der Waals surface area contributed by atoms with E-state index >= 15 is 0 Å². The van der Waals surface area contributed by atoms with E-state index in [0.29, 0.717) is 17.3 Å². The molecule has 1 saturated heterocycles. The standard InChI is InChI=1S/C15H18ClNO5/c1-20-13-5-4-10(16)7-12(13)15(19)22-9-14(18)17-8-11-3-2-6-21-11/h4-5,7,11H,2-3,6,8-9H2,1H3,(H,17,18)/t11-/m1/s1. The fourth-order valence-electron chi connectivity index (χ4n) is 2.13. The third kappa shape index (κ3) is 4.61. The highest BCUT2D eigenvalue weighted by Gasteiger charge is 2.18. The van der Waals surface area contributed by atoms with Crippen molar-refractivity contribution in [3.05, 3.63) is 28.8 Å². The molecule has 120 valence electrons. The fourth-order valence-corrected chi connectivity index (χ4v) is 2.30. The number of esters is 1. The minimum absolute atomic E-state index is 0.0488. The van der Waals surface area contributed by atoms with Gasteiger partial charge in [0.05, 0.1) is 13.2 Å². The number of benzene rings is 1. The molecule has 0 radical (unpaired) electrons. The lowest BCUT2D eigenvalue weighted by molar-refractivity contribution is -0.124. The topological polar surface area (TPSA) is 73.9 Å². The molecule has 2 rings (SSSR count). The number of ether oxygens (including phenoxy) is 3. The molecule has 1 amide bonds. The van der Waals surface area contributed by atoms with E-state index in [1.54, 1.807) is 12.1 Å². The highest BCUT2D eigenvalue weighted by Crippen LogP contribution is 2.23. The number of rotatable bonds is 6. The predicted octanol–water partition coefficient (Wildman–Crippen LogP) is 1.80. The van der Waals surface area contributed by atoms with Crippen LogP contribution in [0.5, 0.6) is 5.75 Å². The summed E-state index contributed by atoms with van der Waals surface area (Å²) in [6.45, 7) is 0.794. The predicted molar refractivity (Wildman–Crippen MR) is 80.3 cm³/mol. The van der Waals surface area contributed by atoms with Crippen molar-refractivity contribution in [2.45, 2.75) is 18.9 Å². The van der Waals surface area contributed by atoms with E-state index in [-0.39, 0.29) is 24.2 Å². The molecular formula is C15H18ClNO5. The number of hydrogen-bond donors (Lipinski definition) is 1. The lowest BCUT2D eigenvalue weighted by Crippen LogP contribution is -2.34. The summed E-state index contributed by atoms with van der Waals surface area (Å²) in [5, 5.41) is 3.06. The molecule has 22 heavy (non-hydrogen) atoms. The molecule has 1 atom stereocenters. The molecule has 1 aliphatic rings. The van der Waals surface area contributed by atoms with E-state index in [0.717, 1.165) is 19.4 Å². The molecule has 1 fully saturated rings. The second kappa shape index (κ2) is 8.00. The lowest BCUT2D eigenvalue weighted by atomic mass is 10.2. The summed E-state index contributed by atoms with van der Waals surface area (Å²) in [6, 6.07) is 4.61. The zero-order chi connectivity index (χ0) is 15.9. The van der Waals surface area contributed by atoms with Crippen molar-refractivity contribution in [3.63, 3.8) is 0 Å². The molecule has 1 N–H and O–H groups in total. The van der Waals surface area contributed by atoms with E-state index in [9.17, 15) is 9.59 Å². The highest BCUT2D eigenvalue weighted by atomic mass is 35.5. The smallest absolute Gasteiger partial charge is 0.342 e. The van der Waals surface area contributed by atoms with Gasteiger partial charge in [0.25, 0.3) is 5.91 Å². The third-order valence-corrected chi connectivity index (χ3v) is 3.50. The maximum Gasteiger partial charge on any atom is 0.342 e. The maximum absolute atomic E-state index is 12.0. The van der Waals surface area contributed by atoms with Crippen molar-refractivity contribution < 1.29 is 23.8 Å². The molecule has 7 heteroatoms. The van der Waals surface area contributed by atoms with Crippen molar-refractivity contribution in [2.75, 3.05) is 26.9 Å². The maximum atomic E-state index is 12.0. The molecule has 0 bridgehead atoms. The van der Waals surface area contributed by atoms with Gasteiger partial charge in [-0.25, -0.2) is 4.79 Å². The Morgan fingerprint density at radius 3 is 2.95 bits per heavy atom. The van der Waals surface area contributed by atoms with E-state index in [1.807, 2.05) is 0 Å². The number of nitrogens with one attached hydrogen (secondary N) is 1. The summed E-state index contributed by atoms with van der Waals surface area (Å²) >= 11 is 5.85. The van der Waals surface area contributed by atoms with Crippen LogP contribution in [0.2, 0.25) is 5.02 Å². The van der Waals surface area contributed by atoms with Gasteiger partial charge in [-0.15, -0.1) is 0 Å². The summed E-state index contributed by atoms with van der Waals surface area (Å²) in [5.41, 5.74) is 0.182. The molecule has 0 aliphatic carbocycles. The molecule has 0 aromatic heterocycles. The Labute approximate surface area is 133 Å². The van der Waals surface area contributed by atoms with Crippen LogP contribution in [0.15, 0.2) is 18.2 Å². The Morgan fingerprint density at radius 2 is 2.27 bits per heavy atom. The van der Waals surface area contributed by atoms with E-state index < -0.39 is 5.97 Å². The van der Waals surface area contributed by atoms with Crippen LogP contribution in [0.1, 0.15) is 23.2 Å². The van der Waals surface area contributed by atoms with Crippen LogP contribution < -0.4 is 10.1 Å². The van der Waals surface area contributed by atoms with Crippen LogP contribution in [0.4, 0.5) is 0 Å². The van der Waals surface area contributed by atoms with Crippen LogP contribution in [0, 0.1) is 0 Å². The van der Waals surface area contributed by atoms with Crippen molar-refractivity contribution in [2.24, 2.45) is 0 Å². The fraction of sp³-hybridized carbons (Fsp3) is 0.467. The largest absolute Gasteiger partial charge is 0.496 e. The van der Waals surface area contributed by atoms with Gasteiger partial charge >= 0.3 is 5.97 Å². The first kappa shape index (κ1) is 16.6. The Balaban J connectivity index is 1.81. The summed E-state index contributed by atoms with van der Waals surface area (Å²) in [6.07, 6.45) is 1.98. The molecule has 1 aliphatic heterocycles. The quantitative estimate of drug-likeness (QED) is 0.806. The van der Waals surface area contributed by atoms with Crippen LogP contribution in [-0.4, -0.2) is 44.8 Å². The number of hydrogen-bond acceptors (Lipinski definition) is 5.